The predicted octanol–water partition coefficient (Wildman–Crippen LogP) is 3.16. The summed E-state index contributed by atoms with van der Waals surface area (Å²) in [7, 11) is 0. The maximum absolute atomic E-state index is 10.6. The van der Waals surface area contributed by atoms with Crippen molar-refractivity contribution in [1.82, 2.24) is 10.6 Å². The Labute approximate surface area is 179 Å². The maximum Gasteiger partial charge on any atom is 0.191 e. The lowest BCUT2D eigenvalue weighted by molar-refractivity contribution is -0.145. The Bertz CT molecular complexity index is 466. The fourth-order valence-electron chi connectivity index (χ4n) is 4.70. The topological polar surface area (TPSA) is 65.9 Å². The first-order chi connectivity index (χ1) is 12.1. The van der Waals surface area contributed by atoms with Crippen LogP contribution in [-0.2, 0) is 4.74 Å². The molecule has 1 spiro atoms. The molecule has 3 rings (SSSR count). The van der Waals surface area contributed by atoms with Crippen LogP contribution in [0, 0.1) is 5.41 Å². The molecule has 0 amide bonds. The monoisotopic (exact) mass is 497 g/mol. The molecule has 0 radical (unpaired) electrons. The average molecular weight is 497 g/mol. The second-order valence-electron chi connectivity index (χ2n) is 7.89. The van der Waals surface area contributed by atoms with Gasteiger partial charge in [-0.05, 0) is 45.3 Å². The number of rotatable bonds is 6. The number of guanidine groups is 1. The van der Waals surface area contributed by atoms with E-state index in [1.807, 2.05) is 11.8 Å². The number of hydrogen-bond donors (Lipinski definition) is 3. The third-order valence-electron chi connectivity index (χ3n) is 6.21. The fourth-order valence-corrected chi connectivity index (χ4v) is 5.98. The van der Waals surface area contributed by atoms with E-state index in [2.05, 4.69) is 24.5 Å². The Kier molecular flexibility index (Phi) is 8.82. The number of thioether (sulfide) groups is 1. The molecule has 2 saturated carbocycles. The van der Waals surface area contributed by atoms with Crippen LogP contribution in [0.25, 0.3) is 0 Å². The molecule has 3 fully saturated rings. The number of nitrogens with zero attached hydrogens (tertiary/aromatic N) is 1. The molecule has 2 aliphatic carbocycles. The van der Waals surface area contributed by atoms with Crippen LogP contribution >= 0.6 is 35.7 Å². The smallest absolute Gasteiger partial charge is 0.191 e. The lowest BCUT2D eigenvalue weighted by Gasteiger charge is -2.58. The molecule has 152 valence electrons. The fraction of sp³-hybridized carbons (Fsp3) is 0.947. The highest BCUT2D eigenvalue weighted by molar-refractivity contribution is 14.0. The molecule has 5 nitrogen and oxygen atoms in total. The van der Waals surface area contributed by atoms with Gasteiger partial charge in [-0.2, -0.15) is 11.8 Å². The predicted molar refractivity (Wildman–Crippen MR) is 121 cm³/mol. The van der Waals surface area contributed by atoms with Gasteiger partial charge in [0.05, 0.1) is 18.2 Å². The average Bonchev–Trinajstić information content (AvgIpc) is 3.06. The van der Waals surface area contributed by atoms with Crippen LogP contribution in [0.3, 0.4) is 0 Å². The van der Waals surface area contributed by atoms with Crippen LogP contribution in [0.15, 0.2) is 4.99 Å². The molecular weight excluding hydrogens is 461 g/mol. The van der Waals surface area contributed by atoms with Gasteiger partial charge in [0.15, 0.2) is 5.96 Å². The van der Waals surface area contributed by atoms with Crippen LogP contribution in [-0.4, -0.2) is 60.0 Å². The maximum atomic E-state index is 10.6. The van der Waals surface area contributed by atoms with Gasteiger partial charge in [-0.15, -0.1) is 24.0 Å². The standard InChI is InChI=1S/C19H35N3O2S.HI/c1-3-20-17(21-13-18(23)10-11-25-14-18)22-15-12-16(24-4-2)19(15)8-6-5-7-9-19;/h15-16,23H,3-14H2,1-2H3,(H2,20,21,22);1H. The molecule has 26 heavy (non-hydrogen) atoms. The van der Waals surface area contributed by atoms with Crippen molar-refractivity contribution in [2.45, 2.75) is 76.5 Å². The van der Waals surface area contributed by atoms with E-state index in [9.17, 15) is 5.11 Å². The molecule has 7 heteroatoms. The highest BCUT2D eigenvalue weighted by Crippen LogP contribution is 2.53. The van der Waals surface area contributed by atoms with Gasteiger partial charge in [0.1, 0.15) is 0 Å². The minimum absolute atomic E-state index is 0. The Hall–Kier alpha value is 0.270. The zero-order valence-corrected chi connectivity index (χ0v) is 19.4. The van der Waals surface area contributed by atoms with Crippen LogP contribution in [0.4, 0.5) is 0 Å². The highest BCUT2D eigenvalue weighted by atomic mass is 127. The first-order valence-electron chi connectivity index (χ1n) is 10.1. The summed E-state index contributed by atoms with van der Waals surface area (Å²) >= 11 is 1.82. The first kappa shape index (κ1) is 22.6. The van der Waals surface area contributed by atoms with E-state index < -0.39 is 5.60 Å². The summed E-state index contributed by atoms with van der Waals surface area (Å²) in [5.74, 6) is 2.70. The molecule has 0 aromatic heterocycles. The molecule has 3 unspecified atom stereocenters. The lowest BCUT2D eigenvalue weighted by atomic mass is 9.55. The van der Waals surface area contributed by atoms with Gasteiger partial charge in [0.2, 0.25) is 0 Å². The molecule has 0 aromatic carbocycles. The molecule has 1 saturated heterocycles. The molecule has 0 bridgehead atoms. The SMILES string of the molecule is CCNC(=NCC1(O)CCSC1)NC1CC(OCC)C12CCCCC2.I. The van der Waals surface area contributed by atoms with E-state index in [0.717, 1.165) is 43.5 Å². The first-order valence-corrected chi connectivity index (χ1v) is 11.2. The van der Waals surface area contributed by atoms with Gasteiger partial charge < -0.3 is 20.5 Å². The molecule has 3 atom stereocenters. The van der Waals surface area contributed by atoms with Gasteiger partial charge in [-0.25, -0.2) is 0 Å². The molecule has 3 N–H and O–H groups in total. The third-order valence-corrected chi connectivity index (χ3v) is 7.44. The summed E-state index contributed by atoms with van der Waals surface area (Å²) in [6.07, 6.45) is 8.81. The minimum Gasteiger partial charge on any atom is -0.387 e. The Morgan fingerprint density at radius 3 is 2.62 bits per heavy atom. The van der Waals surface area contributed by atoms with E-state index in [-0.39, 0.29) is 29.4 Å². The molecular formula is C19H36IN3O2S. The second-order valence-corrected chi connectivity index (χ2v) is 9.00. The Balaban J connectivity index is 0.00000243. The van der Waals surface area contributed by atoms with Crippen molar-refractivity contribution in [3.8, 4) is 0 Å². The summed E-state index contributed by atoms with van der Waals surface area (Å²) < 4.78 is 6.06. The lowest BCUT2D eigenvalue weighted by Crippen LogP contribution is -2.66. The van der Waals surface area contributed by atoms with Crippen LogP contribution in [0.5, 0.6) is 0 Å². The minimum atomic E-state index is -0.622. The van der Waals surface area contributed by atoms with Crippen LogP contribution in [0.2, 0.25) is 0 Å². The van der Waals surface area contributed by atoms with Gasteiger partial charge in [0, 0.05) is 30.4 Å². The largest absolute Gasteiger partial charge is 0.387 e. The number of hydrogen-bond acceptors (Lipinski definition) is 4. The van der Waals surface area contributed by atoms with Crippen LogP contribution in [0.1, 0.15) is 58.8 Å². The van der Waals surface area contributed by atoms with Crippen molar-refractivity contribution in [3.05, 3.63) is 0 Å². The Morgan fingerprint density at radius 2 is 2.00 bits per heavy atom. The summed E-state index contributed by atoms with van der Waals surface area (Å²) in [4.78, 5) is 4.73. The zero-order chi connectivity index (χ0) is 17.8. The zero-order valence-electron chi connectivity index (χ0n) is 16.3. The summed E-state index contributed by atoms with van der Waals surface area (Å²) in [6.45, 7) is 6.33. The highest BCUT2D eigenvalue weighted by Gasteiger charge is 2.55. The van der Waals surface area contributed by atoms with E-state index in [4.69, 9.17) is 9.73 Å². The van der Waals surface area contributed by atoms with Crippen molar-refractivity contribution in [2.75, 3.05) is 31.2 Å². The van der Waals surface area contributed by atoms with Crippen molar-refractivity contribution < 1.29 is 9.84 Å². The molecule has 1 heterocycles. The summed E-state index contributed by atoms with van der Waals surface area (Å²) in [5.41, 5.74) is -0.340. The molecule has 3 aliphatic rings. The van der Waals surface area contributed by atoms with Gasteiger partial charge in [0.25, 0.3) is 0 Å². The Morgan fingerprint density at radius 1 is 1.23 bits per heavy atom. The number of aliphatic hydroxyl groups is 1. The van der Waals surface area contributed by atoms with E-state index in [1.54, 1.807) is 0 Å². The second kappa shape index (κ2) is 10.2. The van der Waals surface area contributed by atoms with E-state index in [1.165, 1.54) is 32.1 Å². The van der Waals surface area contributed by atoms with Crippen molar-refractivity contribution in [3.63, 3.8) is 0 Å². The molecule has 1 aliphatic heterocycles. The quantitative estimate of drug-likeness (QED) is 0.299. The molecule has 0 aromatic rings. The number of nitrogens with one attached hydrogen (secondary N) is 2. The number of halogens is 1. The third kappa shape index (κ3) is 5.00. The van der Waals surface area contributed by atoms with Crippen molar-refractivity contribution >= 4 is 41.7 Å². The normalized spacial score (nSPS) is 33.4. The summed E-state index contributed by atoms with van der Waals surface area (Å²) in [6, 6.07) is 0.440. The van der Waals surface area contributed by atoms with Gasteiger partial charge in [-0.3, -0.25) is 4.99 Å². The number of aliphatic imine (C=N–C) groups is 1. The van der Waals surface area contributed by atoms with Crippen molar-refractivity contribution in [1.29, 1.82) is 0 Å². The van der Waals surface area contributed by atoms with E-state index >= 15 is 0 Å². The van der Waals surface area contributed by atoms with Crippen molar-refractivity contribution in [2.24, 2.45) is 10.4 Å². The van der Waals surface area contributed by atoms with E-state index in [0.29, 0.717) is 18.7 Å². The van der Waals surface area contributed by atoms with Crippen LogP contribution < -0.4 is 10.6 Å². The van der Waals surface area contributed by atoms with Gasteiger partial charge >= 0.3 is 0 Å². The number of ether oxygens (including phenoxy) is 1. The summed E-state index contributed by atoms with van der Waals surface area (Å²) in [5, 5.41) is 17.6. The van der Waals surface area contributed by atoms with Gasteiger partial charge in [-0.1, -0.05) is 19.3 Å².